The number of carbonyl (C=O) groups is 1. The minimum atomic E-state index is -3.95. The second-order valence-electron chi connectivity index (χ2n) is 7.04. The standard InChI is InChI=1S/C22H24N4O4S/c1-15-9-10-16(22(27)24-17-11-12-21(23-14-17)26(2)3)13-20(15)31(28,29)25-18-7-5-6-8-19(18)30-4/h5-14,25H,1-4H3,(H,24,27). The van der Waals surface area contributed by atoms with Gasteiger partial charge in [0, 0.05) is 19.7 Å². The van der Waals surface area contributed by atoms with Crippen LogP contribution in [0.25, 0.3) is 0 Å². The normalized spacial score (nSPS) is 11.0. The number of para-hydroxylation sites is 2. The van der Waals surface area contributed by atoms with Crippen LogP contribution in [0.5, 0.6) is 5.75 Å². The molecular weight excluding hydrogens is 416 g/mol. The number of amides is 1. The molecule has 0 fully saturated rings. The Labute approximate surface area is 181 Å². The van der Waals surface area contributed by atoms with Crippen LogP contribution in [0.4, 0.5) is 17.2 Å². The van der Waals surface area contributed by atoms with E-state index in [-0.39, 0.29) is 10.5 Å². The molecular formula is C22H24N4O4S. The number of rotatable bonds is 7. The summed E-state index contributed by atoms with van der Waals surface area (Å²) in [6, 6.07) is 14.7. The smallest absolute Gasteiger partial charge is 0.262 e. The van der Waals surface area contributed by atoms with Crippen LogP contribution in [0.15, 0.2) is 65.7 Å². The Morgan fingerprint density at radius 3 is 2.45 bits per heavy atom. The first kappa shape index (κ1) is 22.1. The fraction of sp³-hybridized carbons (Fsp3) is 0.182. The number of pyridine rings is 1. The van der Waals surface area contributed by atoms with Gasteiger partial charge in [-0.05, 0) is 48.9 Å². The Kier molecular flexibility index (Phi) is 6.45. The Hall–Kier alpha value is -3.59. The zero-order chi connectivity index (χ0) is 22.6. The fourth-order valence-corrected chi connectivity index (χ4v) is 4.23. The zero-order valence-corrected chi connectivity index (χ0v) is 18.5. The monoisotopic (exact) mass is 440 g/mol. The average molecular weight is 441 g/mol. The van der Waals surface area contributed by atoms with Gasteiger partial charge in [-0.3, -0.25) is 9.52 Å². The number of ether oxygens (including phenoxy) is 1. The van der Waals surface area contributed by atoms with Crippen molar-refractivity contribution in [2.24, 2.45) is 0 Å². The van der Waals surface area contributed by atoms with E-state index in [1.165, 1.54) is 13.2 Å². The van der Waals surface area contributed by atoms with Crippen LogP contribution in [0, 0.1) is 6.92 Å². The first-order chi connectivity index (χ1) is 14.7. The first-order valence-electron chi connectivity index (χ1n) is 9.42. The minimum Gasteiger partial charge on any atom is -0.495 e. The summed E-state index contributed by atoms with van der Waals surface area (Å²) in [6.07, 6.45) is 1.54. The van der Waals surface area contributed by atoms with E-state index in [4.69, 9.17) is 4.74 Å². The lowest BCUT2D eigenvalue weighted by Crippen LogP contribution is -2.17. The number of nitrogens with one attached hydrogen (secondary N) is 2. The number of hydrogen-bond donors (Lipinski definition) is 2. The third-order valence-electron chi connectivity index (χ3n) is 4.56. The molecule has 8 nitrogen and oxygen atoms in total. The van der Waals surface area contributed by atoms with E-state index < -0.39 is 15.9 Å². The minimum absolute atomic E-state index is 0.00661. The van der Waals surface area contributed by atoms with Crippen LogP contribution in [0.3, 0.4) is 0 Å². The average Bonchev–Trinajstić information content (AvgIpc) is 2.74. The molecule has 1 amide bonds. The molecule has 3 aromatic rings. The Bertz CT molecular complexity index is 1190. The van der Waals surface area contributed by atoms with E-state index in [0.29, 0.717) is 22.7 Å². The summed E-state index contributed by atoms with van der Waals surface area (Å²) in [6.45, 7) is 1.67. The SMILES string of the molecule is COc1ccccc1NS(=O)(=O)c1cc(C(=O)Nc2ccc(N(C)C)nc2)ccc1C. The van der Waals surface area contributed by atoms with Crippen LogP contribution in [-0.2, 0) is 10.0 Å². The van der Waals surface area contributed by atoms with E-state index in [1.54, 1.807) is 61.7 Å². The van der Waals surface area contributed by atoms with Gasteiger partial charge in [0.1, 0.15) is 11.6 Å². The number of sulfonamides is 1. The van der Waals surface area contributed by atoms with Crippen molar-refractivity contribution in [1.29, 1.82) is 0 Å². The Morgan fingerprint density at radius 2 is 1.81 bits per heavy atom. The van der Waals surface area contributed by atoms with Gasteiger partial charge in [0.25, 0.3) is 15.9 Å². The number of carbonyl (C=O) groups excluding carboxylic acids is 1. The molecule has 2 aromatic carbocycles. The lowest BCUT2D eigenvalue weighted by Gasteiger charge is -2.14. The quantitative estimate of drug-likeness (QED) is 0.583. The summed E-state index contributed by atoms with van der Waals surface area (Å²) in [5.41, 5.74) is 1.54. The van der Waals surface area contributed by atoms with Crippen molar-refractivity contribution in [3.8, 4) is 5.75 Å². The predicted molar refractivity (Wildman–Crippen MR) is 121 cm³/mol. The maximum Gasteiger partial charge on any atom is 0.262 e. The molecule has 0 unspecified atom stereocenters. The molecule has 3 rings (SSSR count). The summed E-state index contributed by atoms with van der Waals surface area (Å²) >= 11 is 0. The third-order valence-corrected chi connectivity index (χ3v) is 6.06. The van der Waals surface area contributed by atoms with Crippen molar-refractivity contribution < 1.29 is 17.9 Å². The van der Waals surface area contributed by atoms with Gasteiger partial charge in [0.2, 0.25) is 0 Å². The largest absolute Gasteiger partial charge is 0.495 e. The van der Waals surface area contributed by atoms with Gasteiger partial charge in [-0.1, -0.05) is 18.2 Å². The van der Waals surface area contributed by atoms with Crippen molar-refractivity contribution in [3.63, 3.8) is 0 Å². The summed E-state index contributed by atoms with van der Waals surface area (Å²) < 4.78 is 33.8. The highest BCUT2D eigenvalue weighted by molar-refractivity contribution is 7.92. The van der Waals surface area contributed by atoms with Crippen LogP contribution in [0.1, 0.15) is 15.9 Å². The topological polar surface area (TPSA) is 101 Å². The molecule has 2 N–H and O–H groups in total. The van der Waals surface area contributed by atoms with E-state index in [2.05, 4.69) is 15.0 Å². The summed E-state index contributed by atoms with van der Waals surface area (Å²) in [5, 5.41) is 2.74. The van der Waals surface area contributed by atoms with Crippen LogP contribution in [0.2, 0.25) is 0 Å². The third kappa shape index (κ3) is 5.13. The molecule has 0 atom stereocenters. The Balaban J connectivity index is 1.85. The fourth-order valence-electron chi connectivity index (χ4n) is 2.89. The van der Waals surface area contributed by atoms with Crippen LogP contribution in [-0.4, -0.2) is 40.5 Å². The van der Waals surface area contributed by atoms with Crippen LogP contribution >= 0.6 is 0 Å². The first-order valence-corrected chi connectivity index (χ1v) is 10.9. The van der Waals surface area contributed by atoms with Gasteiger partial charge >= 0.3 is 0 Å². The van der Waals surface area contributed by atoms with Gasteiger partial charge in [-0.2, -0.15) is 0 Å². The molecule has 0 aliphatic heterocycles. The second kappa shape index (κ2) is 9.05. The molecule has 0 radical (unpaired) electrons. The second-order valence-corrected chi connectivity index (χ2v) is 8.69. The maximum absolute atomic E-state index is 13.0. The molecule has 0 bridgehead atoms. The van der Waals surface area contributed by atoms with Crippen LogP contribution < -0.4 is 19.7 Å². The highest BCUT2D eigenvalue weighted by Crippen LogP contribution is 2.27. The zero-order valence-electron chi connectivity index (χ0n) is 17.7. The molecule has 162 valence electrons. The molecule has 1 aromatic heterocycles. The van der Waals surface area contributed by atoms with Gasteiger partial charge in [0.05, 0.1) is 29.6 Å². The van der Waals surface area contributed by atoms with Crippen molar-refractivity contribution in [1.82, 2.24) is 4.98 Å². The molecule has 0 spiro atoms. The molecule has 9 heteroatoms. The van der Waals surface area contributed by atoms with E-state index >= 15 is 0 Å². The highest BCUT2D eigenvalue weighted by atomic mass is 32.2. The maximum atomic E-state index is 13.0. The van der Waals surface area contributed by atoms with E-state index in [0.717, 1.165) is 5.82 Å². The number of hydrogen-bond acceptors (Lipinski definition) is 6. The lowest BCUT2D eigenvalue weighted by molar-refractivity contribution is 0.102. The highest BCUT2D eigenvalue weighted by Gasteiger charge is 2.21. The number of nitrogens with zero attached hydrogens (tertiary/aromatic N) is 2. The number of methoxy groups -OCH3 is 1. The molecule has 1 heterocycles. The van der Waals surface area contributed by atoms with Gasteiger partial charge < -0.3 is 15.0 Å². The van der Waals surface area contributed by atoms with E-state index in [1.807, 2.05) is 19.0 Å². The summed E-state index contributed by atoms with van der Waals surface area (Å²) in [4.78, 5) is 18.8. The van der Waals surface area contributed by atoms with Gasteiger partial charge in [0.15, 0.2) is 0 Å². The predicted octanol–water partition coefficient (Wildman–Crippen LogP) is 3.52. The van der Waals surface area contributed by atoms with Crippen molar-refractivity contribution in [2.75, 3.05) is 36.1 Å². The summed E-state index contributed by atoms with van der Waals surface area (Å²) in [5.74, 6) is 0.712. The lowest BCUT2D eigenvalue weighted by atomic mass is 10.1. The number of benzene rings is 2. The summed E-state index contributed by atoms with van der Waals surface area (Å²) in [7, 11) is 1.25. The van der Waals surface area contributed by atoms with Crippen molar-refractivity contribution in [2.45, 2.75) is 11.8 Å². The van der Waals surface area contributed by atoms with Gasteiger partial charge in [-0.15, -0.1) is 0 Å². The molecule has 31 heavy (non-hydrogen) atoms. The molecule has 0 saturated heterocycles. The Morgan fingerprint density at radius 1 is 1.06 bits per heavy atom. The van der Waals surface area contributed by atoms with Gasteiger partial charge in [-0.25, -0.2) is 13.4 Å². The van der Waals surface area contributed by atoms with E-state index in [9.17, 15) is 13.2 Å². The number of anilines is 3. The molecule has 0 aliphatic carbocycles. The van der Waals surface area contributed by atoms with Crippen molar-refractivity contribution >= 4 is 33.1 Å². The molecule has 0 saturated carbocycles. The number of aryl methyl sites for hydroxylation is 1. The van der Waals surface area contributed by atoms with Crippen molar-refractivity contribution in [3.05, 3.63) is 71.9 Å². The molecule has 0 aliphatic rings. The number of aromatic nitrogens is 1.